The van der Waals surface area contributed by atoms with Crippen LogP contribution in [0.2, 0.25) is 0 Å². The number of pyridine rings is 10. The average molecular weight is 1270 g/mol. The summed E-state index contributed by atoms with van der Waals surface area (Å²) in [6, 6.07) is 51.7. The third kappa shape index (κ3) is 30.3. The molecule has 454 valence electrons. The molecule has 0 saturated heterocycles. The van der Waals surface area contributed by atoms with Gasteiger partial charge in [0.05, 0.1) is 69.4 Å². The maximum atomic E-state index is 10.9. The molecule has 0 N–H and O–H groups in total. The van der Waals surface area contributed by atoms with E-state index >= 15 is 0 Å². The van der Waals surface area contributed by atoms with E-state index in [1.165, 1.54) is 62.8 Å². The number of rotatable bonds is 10. The number of carboxylic acids is 4. The van der Waals surface area contributed by atoms with Gasteiger partial charge in [0, 0.05) is 113 Å². The standard InChI is InChI=1S/2C15H14N2O5.6C5H5N.C4H4N2.2Ni/c2*1-15(22-2,11-7-3-5-9(16-11)13(18)19)12-8-4-6-10(17-12)14(20)21;6*1-2-4-6-5-3-1;1-2-6-4-3-5-1;;/h2*3-8H,1-2H3,(H,18,19)(H,20,21);6*1-5H;1-4H;;/q;;;;;;;;;2*+2/p-4. The summed E-state index contributed by atoms with van der Waals surface area (Å²) in [5.41, 5.74) is -2.41. The molecule has 0 aliphatic heterocycles. The molecule has 0 bridgehead atoms. The van der Waals surface area contributed by atoms with E-state index in [-0.39, 0.29) is 78.5 Å². The third-order valence-corrected chi connectivity index (χ3v) is 10.5. The summed E-state index contributed by atoms with van der Waals surface area (Å²) < 4.78 is 10.9. The molecule has 11 aromatic heterocycles. The van der Waals surface area contributed by atoms with Crippen LogP contribution in [0.4, 0.5) is 0 Å². The molecule has 24 heteroatoms. The Morgan fingerprint density at radius 2 is 0.432 bits per heavy atom. The first kappa shape index (κ1) is 75.4. The topological polar surface area (TPSA) is 334 Å². The van der Waals surface area contributed by atoms with Crippen LogP contribution in [0.5, 0.6) is 0 Å². The van der Waals surface area contributed by atoms with Crippen LogP contribution in [-0.4, -0.2) is 97.9 Å². The molecule has 22 nitrogen and oxygen atoms in total. The van der Waals surface area contributed by atoms with Gasteiger partial charge in [-0.05, 0) is 135 Å². The van der Waals surface area contributed by atoms with Crippen molar-refractivity contribution >= 4 is 23.9 Å². The van der Waals surface area contributed by atoms with E-state index in [0.717, 1.165) is 0 Å². The van der Waals surface area contributed by atoms with Gasteiger partial charge in [-0.15, -0.1) is 0 Å². The van der Waals surface area contributed by atoms with Crippen LogP contribution in [0, 0.1) is 0 Å². The molecule has 0 radical (unpaired) electrons. The van der Waals surface area contributed by atoms with Crippen LogP contribution >= 0.6 is 0 Å². The molecule has 11 rings (SSSR count). The molecule has 0 spiro atoms. The number of aromatic carboxylic acids is 4. The van der Waals surface area contributed by atoms with Crippen molar-refractivity contribution in [3.8, 4) is 0 Å². The minimum absolute atomic E-state index is 0. The van der Waals surface area contributed by atoms with Crippen LogP contribution in [0.1, 0.15) is 78.6 Å². The SMILES string of the molecule is COC(C)(c1cccc(C(=O)[O-])n1)c1cccc(C(=O)[O-])n1.COC(C)(c1cccc(C(=O)[O-])n1)c1cccc(C(=O)[O-])n1.[Ni+2].[Ni+2].c1ccncc1.c1ccncc1.c1ccncc1.c1ccncc1.c1ccncc1.c1ccncc1.c1cnccn1. The van der Waals surface area contributed by atoms with Gasteiger partial charge in [-0.3, -0.25) is 39.9 Å². The van der Waals surface area contributed by atoms with Gasteiger partial charge in [0.15, 0.2) is 0 Å². The number of carbonyl (C=O) groups is 4. The van der Waals surface area contributed by atoms with Gasteiger partial charge in [-0.2, -0.15) is 0 Å². The van der Waals surface area contributed by atoms with Crippen molar-refractivity contribution in [2.75, 3.05) is 14.2 Å². The number of carbonyl (C=O) groups excluding carboxylic acids is 4. The second kappa shape index (κ2) is 45.8. The third-order valence-electron chi connectivity index (χ3n) is 10.5. The van der Waals surface area contributed by atoms with E-state index in [9.17, 15) is 39.6 Å². The Hall–Kier alpha value is -10.6. The summed E-state index contributed by atoms with van der Waals surface area (Å²) in [5.74, 6) is -5.68. The molecule has 0 aromatic carbocycles. The smallest absolute Gasteiger partial charge is 0.543 e. The number of hydrogen-bond donors (Lipinski definition) is 0. The van der Waals surface area contributed by atoms with Crippen molar-refractivity contribution in [2.45, 2.75) is 25.0 Å². The van der Waals surface area contributed by atoms with E-state index in [4.69, 9.17) is 9.47 Å². The second-order valence-corrected chi connectivity index (χ2v) is 16.3. The number of methoxy groups -OCH3 is 2. The van der Waals surface area contributed by atoms with E-state index in [1.807, 2.05) is 109 Å². The number of hydrogen-bond acceptors (Lipinski definition) is 22. The van der Waals surface area contributed by atoms with Gasteiger partial charge in [-0.25, -0.2) is 19.9 Å². The minimum Gasteiger partial charge on any atom is -0.543 e. The largest absolute Gasteiger partial charge is 2.00 e. The van der Waals surface area contributed by atoms with Gasteiger partial charge in [0.1, 0.15) is 11.2 Å². The molecule has 0 aliphatic rings. The molecule has 0 saturated carbocycles. The first-order valence-electron chi connectivity index (χ1n) is 25.4. The van der Waals surface area contributed by atoms with Crippen molar-refractivity contribution < 1.29 is 82.1 Å². The van der Waals surface area contributed by atoms with Crippen molar-refractivity contribution in [2.24, 2.45) is 0 Å². The summed E-state index contributed by atoms with van der Waals surface area (Å²) in [4.78, 5) is 89.8. The van der Waals surface area contributed by atoms with Crippen LogP contribution < -0.4 is 20.4 Å². The quantitative estimate of drug-likeness (QED) is 0.159. The summed E-state index contributed by atoms with van der Waals surface area (Å²) >= 11 is 0. The van der Waals surface area contributed by atoms with Gasteiger partial charge < -0.3 is 49.1 Å². The number of aromatic nitrogens is 12. The molecule has 0 unspecified atom stereocenters. The van der Waals surface area contributed by atoms with Crippen molar-refractivity contribution in [1.82, 2.24) is 59.8 Å². The van der Waals surface area contributed by atoms with E-state index in [2.05, 4.69) is 59.8 Å². The Labute approximate surface area is 528 Å². The van der Waals surface area contributed by atoms with Gasteiger partial charge in [0.25, 0.3) is 0 Å². The molecule has 0 aliphatic carbocycles. The first-order valence-corrected chi connectivity index (χ1v) is 25.4. The van der Waals surface area contributed by atoms with Crippen LogP contribution in [0.25, 0.3) is 0 Å². The Bertz CT molecular complexity index is 2810. The molecule has 11 aromatic rings. The monoisotopic (exact) mass is 1270 g/mol. The van der Waals surface area contributed by atoms with E-state index < -0.39 is 35.1 Å². The summed E-state index contributed by atoms with van der Waals surface area (Å²) in [5, 5.41) is 43.7. The van der Waals surface area contributed by atoms with E-state index in [1.54, 1.807) is 137 Å². The molecule has 0 fully saturated rings. The number of carboxylic acid groups (broad SMARTS) is 4. The van der Waals surface area contributed by atoms with Gasteiger partial charge in [0.2, 0.25) is 0 Å². The van der Waals surface area contributed by atoms with Crippen molar-refractivity contribution in [3.05, 3.63) is 327 Å². The molecule has 11 heterocycles. The number of ether oxygens (including phenoxy) is 2. The van der Waals surface area contributed by atoms with Crippen LogP contribution in [-0.2, 0) is 53.7 Å². The number of nitrogens with zero attached hydrogens (tertiary/aromatic N) is 12. The maximum Gasteiger partial charge on any atom is 2.00 e. The van der Waals surface area contributed by atoms with E-state index in [0.29, 0.717) is 0 Å². The minimum atomic E-state index is -1.42. The Kier molecular flexibility index (Phi) is 39.2. The van der Waals surface area contributed by atoms with Gasteiger partial charge >= 0.3 is 33.0 Å². The average Bonchev–Trinajstić information content (AvgIpc) is 1.47. The molecular weight excluding hydrogens is 1210 g/mol. The Balaban J connectivity index is 0.000000532. The molecule has 88 heavy (non-hydrogen) atoms. The molecule has 0 atom stereocenters. The summed E-state index contributed by atoms with van der Waals surface area (Å²) in [6.07, 6.45) is 27.6. The Morgan fingerprint density at radius 1 is 0.273 bits per heavy atom. The van der Waals surface area contributed by atoms with Crippen molar-refractivity contribution in [3.63, 3.8) is 0 Å². The molecule has 0 amide bonds. The predicted molar refractivity (Wildman–Crippen MR) is 309 cm³/mol. The zero-order valence-electron chi connectivity index (χ0n) is 47.6. The van der Waals surface area contributed by atoms with Crippen LogP contribution in [0.15, 0.2) is 281 Å². The zero-order chi connectivity index (χ0) is 62.4. The summed E-state index contributed by atoms with van der Waals surface area (Å²) in [7, 11) is 2.78. The zero-order valence-corrected chi connectivity index (χ0v) is 49.6. The van der Waals surface area contributed by atoms with Crippen LogP contribution in [0.3, 0.4) is 0 Å². The Morgan fingerprint density at radius 3 is 0.534 bits per heavy atom. The summed E-state index contributed by atoms with van der Waals surface area (Å²) in [6.45, 7) is 3.21. The first-order chi connectivity index (χ1) is 41.8. The second-order valence-electron chi connectivity index (χ2n) is 16.3. The van der Waals surface area contributed by atoms with Gasteiger partial charge in [-0.1, -0.05) is 60.7 Å². The van der Waals surface area contributed by atoms with Crippen molar-refractivity contribution in [1.29, 1.82) is 0 Å². The fraction of sp³-hybridized carbons (Fsp3) is 0.0938. The predicted octanol–water partition coefficient (Wildman–Crippen LogP) is 5.19. The fourth-order valence-electron chi connectivity index (χ4n) is 6.07. The maximum absolute atomic E-state index is 10.9. The normalized spacial score (nSPS) is 9.41. The molecular formula is C64H58N12Ni2O10. The fourth-order valence-corrected chi connectivity index (χ4v) is 6.07.